The van der Waals surface area contributed by atoms with E-state index in [2.05, 4.69) is 9.62 Å². The van der Waals surface area contributed by atoms with Gasteiger partial charge in [-0.3, -0.25) is 14.4 Å². The molecule has 3 aromatic rings. The molecule has 36 heavy (non-hydrogen) atoms. The van der Waals surface area contributed by atoms with Crippen LogP contribution in [0, 0.1) is 6.92 Å². The molecule has 0 bridgehead atoms. The molecule has 3 aromatic carbocycles. The van der Waals surface area contributed by atoms with Gasteiger partial charge < -0.3 is 14.4 Å². The molecule has 0 atom stereocenters. The van der Waals surface area contributed by atoms with Gasteiger partial charge in [-0.2, -0.15) is 0 Å². The molecule has 0 aromatic heterocycles. The van der Waals surface area contributed by atoms with Crippen LogP contribution in [0.25, 0.3) is 0 Å². The van der Waals surface area contributed by atoms with Gasteiger partial charge in [0.2, 0.25) is 6.79 Å². The number of sulfonamides is 1. The number of amides is 1. The second kappa shape index (κ2) is 10.0. The van der Waals surface area contributed by atoms with Crippen molar-refractivity contribution in [2.24, 2.45) is 0 Å². The Labute approximate surface area is 215 Å². The van der Waals surface area contributed by atoms with Crippen LogP contribution >= 0.6 is 11.6 Å². The van der Waals surface area contributed by atoms with Crippen molar-refractivity contribution in [1.82, 2.24) is 9.80 Å². The van der Waals surface area contributed by atoms with E-state index in [0.717, 1.165) is 42.3 Å². The van der Waals surface area contributed by atoms with Crippen LogP contribution in [0.3, 0.4) is 0 Å². The summed E-state index contributed by atoms with van der Waals surface area (Å²) in [6, 6.07) is 17.1. The lowest BCUT2D eigenvalue weighted by atomic mass is 10.1. The average Bonchev–Trinajstić information content (AvgIpc) is 3.32. The van der Waals surface area contributed by atoms with Gasteiger partial charge in [0.25, 0.3) is 15.9 Å². The van der Waals surface area contributed by atoms with Gasteiger partial charge in [-0.25, -0.2) is 8.42 Å². The molecule has 10 heteroatoms. The van der Waals surface area contributed by atoms with Crippen LogP contribution in [0.15, 0.2) is 65.6 Å². The maximum Gasteiger partial charge on any atom is 0.261 e. The van der Waals surface area contributed by atoms with Crippen molar-refractivity contribution in [2.45, 2.75) is 18.4 Å². The second-order valence-corrected chi connectivity index (χ2v) is 11.0. The number of hydrogen-bond acceptors (Lipinski definition) is 6. The minimum Gasteiger partial charge on any atom is -0.454 e. The van der Waals surface area contributed by atoms with Gasteiger partial charge in [0.1, 0.15) is 0 Å². The summed E-state index contributed by atoms with van der Waals surface area (Å²) < 4.78 is 38.7. The monoisotopic (exact) mass is 527 g/mol. The Balaban J connectivity index is 1.19. The number of ether oxygens (including phenoxy) is 2. The topological polar surface area (TPSA) is 88.2 Å². The highest BCUT2D eigenvalue weighted by Gasteiger charge is 2.25. The van der Waals surface area contributed by atoms with Gasteiger partial charge in [-0.1, -0.05) is 35.4 Å². The fourth-order valence-corrected chi connectivity index (χ4v) is 5.57. The second-order valence-electron chi connectivity index (χ2n) is 8.87. The van der Waals surface area contributed by atoms with Crippen molar-refractivity contribution in [3.8, 4) is 11.5 Å². The number of hydrogen-bond donors (Lipinski definition) is 1. The summed E-state index contributed by atoms with van der Waals surface area (Å²) in [5, 5.41) is 0.201. The Morgan fingerprint density at radius 1 is 0.944 bits per heavy atom. The summed E-state index contributed by atoms with van der Waals surface area (Å²) in [6.07, 6.45) is 0. The summed E-state index contributed by atoms with van der Waals surface area (Å²) >= 11 is 6.41. The highest BCUT2D eigenvalue weighted by atomic mass is 35.5. The Morgan fingerprint density at radius 2 is 1.67 bits per heavy atom. The largest absolute Gasteiger partial charge is 0.454 e. The molecule has 188 valence electrons. The Hall–Kier alpha value is -3.27. The average molecular weight is 528 g/mol. The van der Waals surface area contributed by atoms with Gasteiger partial charge in [-0.15, -0.1) is 0 Å². The lowest BCUT2D eigenvalue weighted by Gasteiger charge is -2.35. The van der Waals surface area contributed by atoms with Crippen LogP contribution in [-0.4, -0.2) is 57.1 Å². The molecular weight excluding hydrogens is 502 g/mol. The van der Waals surface area contributed by atoms with E-state index in [1.165, 1.54) is 6.07 Å². The van der Waals surface area contributed by atoms with E-state index in [9.17, 15) is 13.2 Å². The molecule has 0 spiro atoms. The minimum atomic E-state index is -3.76. The maximum atomic E-state index is 13.1. The van der Waals surface area contributed by atoms with Gasteiger partial charge >= 0.3 is 0 Å². The quantitative estimate of drug-likeness (QED) is 0.518. The van der Waals surface area contributed by atoms with Crippen LogP contribution in [0.1, 0.15) is 21.5 Å². The van der Waals surface area contributed by atoms with E-state index in [0.29, 0.717) is 24.3 Å². The number of carbonyl (C=O) groups is 1. The smallest absolute Gasteiger partial charge is 0.261 e. The maximum absolute atomic E-state index is 13.1. The van der Waals surface area contributed by atoms with E-state index in [-0.39, 0.29) is 22.6 Å². The number of fused-ring (bicyclic) bond motifs is 1. The van der Waals surface area contributed by atoms with Crippen LogP contribution in [0.2, 0.25) is 5.02 Å². The van der Waals surface area contributed by atoms with E-state index >= 15 is 0 Å². The molecule has 8 nitrogen and oxygen atoms in total. The van der Waals surface area contributed by atoms with E-state index in [4.69, 9.17) is 21.1 Å². The summed E-state index contributed by atoms with van der Waals surface area (Å²) in [5.74, 6) is 1.36. The number of piperazine rings is 1. The first kappa shape index (κ1) is 24.4. The zero-order chi connectivity index (χ0) is 25.3. The fourth-order valence-electron chi connectivity index (χ4n) is 4.26. The zero-order valence-corrected chi connectivity index (χ0v) is 21.3. The lowest BCUT2D eigenvalue weighted by molar-refractivity contribution is 0.0628. The molecule has 1 N–H and O–H groups in total. The van der Waals surface area contributed by atoms with E-state index < -0.39 is 10.0 Å². The standard InChI is InChI=1S/C26H26ClN3O5S/c1-18-2-6-21(7-3-18)36(32,33)28-20-5-8-22(23(27)15-20)26(31)30-12-10-29(11-13-30)16-19-4-9-24-25(14-19)35-17-34-24/h2-9,14-15,28H,10-13,16-17H2,1H3. The number of halogens is 1. The summed E-state index contributed by atoms with van der Waals surface area (Å²) in [5.41, 5.74) is 2.74. The first-order valence-electron chi connectivity index (χ1n) is 11.6. The van der Waals surface area contributed by atoms with Gasteiger partial charge in [0, 0.05) is 32.7 Å². The van der Waals surface area contributed by atoms with Gasteiger partial charge in [0.05, 0.1) is 21.2 Å². The zero-order valence-electron chi connectivity index (χ0n) is 19.7. The highest BCUT2D eigenvalue weighted by molar-refractivity contribution is 7.92. The number of nitrogens with zero attached hydrogens (tertiary/aromatic N) is 2. The van der Waals surface area contributed by atoms with Crippen molar-refractivity contribution in [2.75, 3.05) is 37.7 Å². The molecule has 0 saturated carbocycles. The van der Waals surface area contributed by atoms with Crippen molar-refractivity contribution in [3.63, 3.8) is 0 Å². The highest BCUT2D eigenvalue weighted by Crippen LogP contribution is 2.33. The lowest BCUT2D eigenvalue weighted by Crippen LogP contribution is -2.48. The molecule has 0 aliphatic carbocycles. The number of nitrogens with one attached hydrogen (secondary N) is 1. The molecule has 0 unspecified atom stereocenters. The molecule has 2 aliphatic heterocycles. The minimum absolute atomic E-state index is 0.156. The molecule has 1 fully saturated rings. The third-order valence-corrected chi connectivity index (χ3v) is 8.00. The molecule has 1 saturated heterocycles. The van der Waals surface area contributed by atoms with Crippen molar-refractivity contribution in [3.05, 3.63) is 82.4 Å². The predicted molar refractivity (Wildman–Crippen MR) is 137 cm³/mol. The van der Waals surface area contributed by atoms with E-state index in [1.54, 1.807) is 41.3 Å². The fraction of sp³-hybridized carbons (Fsp3) is 0.269. The summed E-state index contributed by atoms with van der Waals surface area (Å²) in [7, 11) is -3.76. The molecule has 5 rings (SSSR count). The normalized spacial score (nSPS) is 15.7. The number of anilines is 1. The van der Waals surface area contributed by atoms with Gasteiger partial charge in [0.15, 0.2) is 11.5 Å². The van der Waals surface area contributed by atoms with Crippen LogP contribution < -0.4 is 14.2 Å². The van der Waals surface area contributed by atoms with Crippen molar-refractivity contribution in [1.29, 1.82) is 0 Å². The number of aryl methyl sites for hydroxylation is 1. The Bertz CT molecular complexity index is 1390. The summed E-state index contributed by atoms with van der Waals surface area (Å²) in [4.78, 5) is 17.3. The predicted octanol–water partition coefficient (Wildman–Crippen LogP) is 4.14. The molecule has 2 aliphatic rings. The van der Waals surface area contributed by atoms with E-state index in [1.807, 2.05) is 25.1 Å². The SMILES string of the molecule is Cc1ccc(S(=O)(=O)Nc2ccc(C(=O)N3CCN(Cc4ccc5c(c4)OCO5)CC3)c(Cl)c2)cc1. The number of rotatable bonds is 6. The van der Waals surface area contributed by atoms with Gasteiger partial charge in [-0.05, 0) is 55.0 Å². The Kier molecular flexibility index (Phi) is 6.79. The third-order valence-electron chi connectivity index (χ3n) is 6.29. The molecular formula is C26H26ClN3O5S. The number of benzene rings is 3. The molecule has 1 amide bonds. The van der Waals surface area contributed by atoms with Crippen molar-refractivity contribution < 1.29 is 22.7 Å². The first-order valence-corrected chi connectivity index (χ1v) is 13.4. The molecule has 0 radical (unpaired) electrons. The van der Waals surface area contributed by atoms with Crippen LogP contribution in [0.4, 0.5) is 5.69 Å². The van der Waals surface area contributed by atoms with Crippen LogP contribution in [0.5, 0.6) is 11.5 Å². The van der Waals surface area contributed by atoms with Crippen molar-refractivity contribution >= 4 is 33.2 Å². The summed E-state index contributed by atoms with van der Waals surface area (Å²) in [6.45, 7) is 5.50. The Morgan fingerprint density at radius 3 is 2.39 bits per heavy atom. The molecule has 2 heterocycles. The number of carbonyl (C=O) groups excluding carboxylic acids is 1. The van der Waals surface area contributed by atoms with Crippen LogP contribution in [-0.2, 0) is 16.6 Å². The third kappa shape index (κ3) is 5.28. The first-order chi connectivity index (χ1) is 17.3.